The van der Waals surface area contributed by atoms with E-state index in [-0.39, 0.29) is 18.9 Å². The van der Waals surface area contributed by atoms with Crippen molar-refractivity contribution < 1.29 is 23.7 Å². The van der Waals surface area contributed by atoms with Gasteiger partial charge < -0.3 is 9.31 Å². The van der Waals surface area contributed by atoms with Gasteiger partial charge in [0.05, 0.1) is 13.1 Å². The van der Waals surface area contributed by atoms with Crippen molar-refractivity contribution >= 4 is 24.8 Å². The standard InChI is InChI=1S/C18H22BNO5/c1-20-13-17(22)24-19(25-18(23)14-20)12-8-3-2-7-11-16(21)15-9-5-4-6-10-15/h3-6,8-10H,2,7,11-14H2,1H3/b8-3+. The summed E-state index contributed by atoms with van der Waals surface area (Å²) >= 11 is 0. The monoisotopic (exact) mass is 343 g/mol. The van der Waals surface area contributed by atoms with Gasteiger partial charge in [0, 0.05) is 18.3 Å². The van der Waals surface area contributed by atoms with Gasteiger partial charge in [-0.1, -0.05) is 42.5 Å². The van der Waals surface area contributed by atoms with Crippen LogP contribution in [0.15, 0.2) is 42.5 Å². The van der Waals surface area contributed by atoms with Crippen LogP contribution in [0.1, 0.15) is 29.6 Å². The fraction of sp³-hybridized carbons (Fsp3) is 0.389. The zero-order valence-corrected chi connectivity index (χ0v) is 14.3. The maximum Gasteiger partial charge on any atom is 0.602 e. The van der Waals surface area contributed by atoms with E-state index in [0.717, 1.165) is 18.4 Å². The van der Waals surface area contributed by atoms with E-state index in [1.807, 2.05) is 42.5 Å². The first-order valence-corrected chi connectivity index (χ1v) is 8.35. The first-order valence-electron chi connectivity index (χ1n) is 8.35. The second-order valence-corrected chi connectivity index (χ2v) is 5.97. The Morgan fingerprint density at radius 3 is 2.40 bits per heavy atom. The van der Waals surface area contributed by atoms with Gasteiger partial charge in [0.15, 0.2) is 5.78 Å². The average molecular weight is 343 g/mol. The number of likely N-dealkylation sites (N-methyl/N-ethyl adjacent to an activating group) is 1. The molecule has 0 N–H and O–H groups in total. The first-order chi connectivity index (χ1) is 12.0. The number of hydrogen-bond donors (Lipinski definition) is 0. The Morgan fingerprint density at radius 2 is 1.76 bits per heavy atom. The van der Waals surface area contributed by atoms with E-state index in [1.165, 1.54) is 0 Å². The van der Waals surface area contributed by atoms with Crippen LogP contribution in [0.2, 0.25) is 6.32 Å². The molecule has 0 saturated carbocycles. The summed E-state index contributed by atoms with van der Waals surface area (Å²) in [5.74, 6) is -0.704. The molecule has 0 aromatic heterocycles. The van der Waals surface area contributed by atoms with Crippen LogP contribution in [0.3, 0.4) is 0 Å². The zero-order valence-electron chi connectivity index (χ0n) is 14.3. The number of Topliss-reactive ketones (excluding diaryl/α,β-unsaturated/α-hetero) is 1. The summed E-state index contributed by atoms with van der Waals surface area (Å²) in [4.78, 5) is 36.7. The number of nitrogens with zero attached hydrogens (tertiary/aromatic N) is 1. The molecule has 1 aliphatic heterocycles. The summed E-state index contributed by atoms with van der Waals surface area (Å²) in [5, 5.41) is 0. The van der Waals surface area contributed by atoms with Gasteiger partial charge in [0.25, 0.3) is 0 Å². The van der Waals surface area contributed by atoms with Crippen LogP contribution in [0.5, 0.6) is 0 Å². The molecule has 0 radical (unpaired) electrons. The first kappa shape index (κ1) is 18.9. The minimum Gasteiger partial charge on any atom is -0.498 e. The fourth-order valence-corrected chi connectivity index (χ4v) is 2.46. The van der Waals surface area contributed by atoms with Gasteiger partial charge in [0.2, 0.25) is 0 Å². The van der Waals surface area contributed by atoms with Crippen LogP contribution in [-0.4, -0.2) is 49.9 Å². The van der Waals surface area contributed by atoms with Gasteiger partial charge in [-0.25, -0.2) is 0 Å². The lowest BCUT2D eigenvalue weighted by molar-refractivity contribution is -0.145. The Balaban J connectivity index is 1.69. The predicted octanol–water partition coefficient (Wildman–Crippen LogP) is 2.12. The molecule has 1 fully saturated rings. The maximum absolute atomic E-state index is 12.0. The number of ketones is 1. The Labute approximate surface area is 147 Å². The normalized spacial score (nSPS) is 16.3. The zero-order chi connectivity index (χ0) is 18.1. The Kier molecular flexibility index (Phi) is 7.41. The Morgan fingerprint density at radius 1 is 1.12 bits per heavy atom. The van der Waals surface area contributed by atoms with Crippen LogP contribution in [0.25, 0.3) is 0 Å². The molecule has 0 spiro atoms. The van der Waals surface area contributed by atoms with Crippen molar-refractivity contribution in [2.75, 3.05) is 20.1 Å². The molecule has 25 heavy (non-hydrogen) atoms. The number of rotatable bonds is 7. The van der Waals surface area contributed by atoms with Crippen LogP contribution in [-0.2, 0) is 18.9 Å². The number of unbranched alkanes of at least 4 members (excludes halogenated alkanes) is 1. The highest BCUT2D eigenvalue weighted by molar-refractivity contribution is 6.49. The minimum absolute atomic E-state index is 0.0664. The summed E-state index contributed by atoms with van der Waals surface area (Å²) in [6, 6.07) is 9.21. The topological polar surface area (TPSA) is 72.9 Å². The summed E-state index contributed by atoms with van der Waals surface area (Å²) in [7, 11) is 0.773. The van der Waals surface area contributed by atoms with Crippen LogP contribution in [0.4, 0.5) is 0 Å². The van der Waals surface area contributed by atoms with Crippen LogP contribution >= 0.6 is 0 Å². The van der Waals surface area contributed by atoms with Crippen LogP contribution < -0.4 is 0 Å². The van der Waals surface area contributed by atoms with Crippen molar-refractivity contribution in [1.82, 2.24) is 4.90 Å². The minimum atomic E-state index is -0.879. The van der Waals surface area contributed by atoms with Crippen molar-refractivity contribution in [3.05, 3.63) is 48.0 Å². The summed E-state index contributed by atoms with van der Waals surface area (Å²) in [6.07, 6.45) is 5.98. The van der Waals surface area contributed by atoms with E-state index in [9.17, 15) is 14.4 Å². The Hall–Kier alpha value is -2.41. The van der Waals surface area contributed by atoms with Crippen molar-refractivity contribution in [2.24, 2.45) is 0 Å². The number of benzene rings is 1. The second kappa shape index (κ2) is 9.79. The number of hydrogen-bond acceptors (Lipinski definition) is 6. The quantitative estimate of drug-likeness (QED) is 0.327. The van der Waals surface area contributed by atoms with Crippen LogP contribution in [0, 0.1) is 0 Å². The Bertz CT molecular complexity index is 612. The molecular weight excluding hydrogens is 321 g/mol. The largest absolute Gasteiger partial charge is 0.602 e. The van der Waals surface area contributed by atoms with Gasteiger partial charge in [-0.2, -0.15) is 0 Å². The molecule has 0 atom stereocenters. The molecule has 1 aromatic carbocycles. The van der Waals surface area contributed by atoms with E-state index in [0.29, 0.717) is 12.7 Å². The molecule has 0 unspecified atom stereocenters. The molecule has 0 bridgehead atoms. The molecule has 1 heterocycles. The van der Waals surface area contributed by atoms with Crippen molar-refractivity contribution in [3.8, 4) is 0 Å². The maximum atomic E-state index is 12.0. The van der Waals surface area contributed by atoms with E-state index >= 15 is 0 Å². The smallest absolute Gasteiger partial charge is 0.498 e. The molecule has 1 aromatic rings. The lowest BCUT2D eigenvalue weighted by Crippen LogP contribution is -2.42. The molecule has 6 nitrogen and oxygen atoms in total. The fourth-order valence-electron chi connectivity index (χ4n) is 2.46. The van der Waals surface area contributed by atoms with Gasteiger partial charge >= 0.3 is 19.1 Å². The van der Waals surface area contributed by atoms with E-state index in [2.05, 4.69) is 0 Å². The summed E-state index contributed by atoms with van der Waals surface area (Å²) < 4.78 is 10.2. The number of carbonyl (C=O) groups excluding carboxylic acids is 3. The molecular formula is C18H22BNO5. The van der Waals surface area contributed by atoms with Gasteiger partial charge in [-0.3, -0.25) is 19.3 Å². The second-order valence-electron chi connectivity index (χ2n) is 5.97. The summed E-state index contributed by atoms with van der Waals surface area (Å²) in [6.45, 7) is 0.133. The third-order valence-corrected chi connectivity index (χ3v) is 3.69. The molecule has 0 amide bonds. The molecule has 1 saturated heterocycles. The lowest BCUT2D eigenvalue weighted by atomic mass is 9.84. The lowest BCUT2D eigenvalue weighted by Gasteiger charge is -2.21. The van der Waals surface area contributed by atoms with E-state index < -0.39 is 19.1 Å². The summed E-state index contributed by atoms with van der Waals surface area (Å²) in [5.41, 5.74) is 0.727. The highest BCUT2D eigenvalue weighted by atomic mass is 16.6. The highest BCUT2D eigenvalue weighted by Gasteiger charge is 2.30. The predicted molar refractivity (Wildman–Crippen MR) is 94.0 cm³/mol. The van der Waals surface area contributed by atoms with Gasteiger partial charge in [-0.05, 0) is 19.9 Å². The molecule has 132 valence electrons. The van der Waals surface area contributed by atoms with E-state index in [1.54, 1.807) is 11.9 Å². The van der Waals surface area contributed by atoms with E-state index in [4.69, 9.17) is 9.31 Å². The molecule has 2 rings (SSSR count). The average Bonchev–Trinajstić information content (AvgIpc) is 2.56. The van der Waals surface area contributed by atoms with Gasteiger partial charge in [-0.15, -0.1) is 0 Å². The molecule has 7 heteroatoms. The molecule has 0 aliphatic carbocycles. The number of carbonyl (C=O) groups is 3. The highest BCUT2D eigenvalue weighted by Crippen LogP contribution is 2.09. The molecule has 1 aliphatic rings. The third kappa shape index (κ3) is 6.93. The number of allylic oxidation sites excluding steroid dienone is 2. The third-order valence-electron chi connectivity index (χ3n) is 3.69. The van der Waals surface area contributed by atoms with Gasteiger partial charge in [0.1, 0.15) is 0 Å². The van der Waals surface area contributed by atoms with Crippen molar-refractivity contribution in [3.63, 3.8) is 0 Å². The van der Waals surface area contributed by atoms with Crippen molar-refractivity contribution in [1.29, 1.82) is 0 Å². The SMILES string of the molecule is CN1CC(=O)OB(C/C=C/CCCC(=O)c2ccccc2)OC(=O)C1. The van der Waals surface area contributed by atoms with Crippen molar-refractivity contribution in [2.45, 2.75) is 25.6 Å².